The number of benzene rings is 1. The zero-order valence-electron chi connectivity index (χ0n) is 11.7. The molecule has 0 aliphatic carbocycles. The quantitative estimate of drug-likeness (QED) is 0.648. The van der Waals surface area contributed by atoms with Crippen LogP contribution in [0.2, 0.25) is 5.02 Å². The van der Waals surface area contributed by atoms with Gasteiger partial charge in [-0.1, -0.05) is 30.7 Å². The molecular weight excluding hydrogens is 415 g/mol. The lowest BCUT2D eigenvalue weighted by Crippen LogP contribution is -2.25. The van der Waals surface area contributed by atoms with Crippen LogP contribution in [-0.4, -0.2) is 11.5 Å². The van der Waals surface area contributed by atoms with Crippen LogP contribution in [0, 0.1) is 0 Å². The van der Waals surface area contributed by atoms with Gasteiger partial charge in [0.15, 0.2) is 0 Å². The molecule has 0 spiro atoms. The molecular formula is C16H17Br2ClN2. The summed E-state index contributed by atoms with van der Waals surface area (Å²) in [5.74, 6) is 0. The molecule has 0 aliphatic rings. The molecule has 2 rings (SSSR count). The van der Waals surface area contributed by atoms with Crippen molar-refractivity contribution in [2.24, 2.45) is 0 Å². The molecule has 112 valence electrons. The van der Waals surface area contributed by atoms with Crippen molar-refractivity contribution in [2.75, 3.05) is 6.54 Å². The van der Waals surface area contributed by atoms with Crippen LogP contribution in [0.1, 0.15) is 30.6 Å². The lowest BCUT2D eigenvalue weighted by atomic mass is 10.0. The van der Waals surface area contributed by atoms with Gasteiger partial charge in [0.2, 0.25) is 0 Å². The monoisotopic (exact) mass is 430 g/mol. The SMILES string of the molecule is CCCNC(Cc1ccc(Cl)cc1)c1ncc(Br)cc1Br. The average Bonchev–Trinajstić information content (AvgIpc) is 2.46. The summed E-state index contributed by atoms with van der Waals surface area (Å²) in [4.78, 5) is 4.56. The number of rotatable bonds is 6. The zero-order valence-corrected chi connectivity index (χ0v) is 15.7. The second-order valence-corrected chi connectivity index (χ2v) is 7.06. The molecule has 1 aromatic heterocycles. The van der Waals surface area contributed by atoms with Crippen LogP contribution in [0.15, 0.2) is 45.5 Å². The average molecular weight is 433 g/mol. The van der Waals surface area contributed by atoms with E-state index in [2.05, 4.69) is 61.2 Å². The molecule has 0 aliphatic heterocycles. The Morgan fingerprint density at radius 1 is 1.24 bits per heavy atom. The first kappa shape index (κ1) is 16.9. The molecule has 21 heavy (non-hydrogen) atoms. The highest BCUT2D eigenvalue weighted by molar-refractivity contribution is 9.11. The van der Waals surface area contributed by atoms with Crippen molar-refractivity contribution in [3.8, 4) is 0 Å². The highest BCUT2D eigenvalue weighted by Gasteiger charge is 2.16. The predicted octanol–water partition coefficient (Wildman–Crippen LogP) is 5.54. The van der Waals surface area contributed by atoms with Crippen molar-refractivity contribution in [3.05, 3.63) is 61.8 Å². The molecule has 0 amide bonds. The maximum absolute atomic E-state index is 5.95. The van der Waals surface area contributed by atoms with Crippen LogP contribution < -0.4 is 5.32 Å². The minimum Gasteiger partial charge on any atom is -0.308 e. The largest absolute Gasteiger partial charge is 0.308 e. The third kappa shape index (κ3) is 5.06. The standard InChI is InChI=1S/C16H17Br2ClN2/c1-2-7-20-15(8-11-3-5-13(19)6-4-11)16-14(18)9-12(17)10-21-16/h3-6,9-10,15,20H,2,7-8H2,1H3. The van der Waals surface area contributed by atoms with Crippen molar-refractivity contribution in [2.45, 2.75) is 25.8 Å². The summed E-state index contributed by atoms with van der Waals surface area (Å²) in [5, 5.41) is 4.33. The van der Waals surface area contributed by atoms with Gasteiger partial charge in [-0.25, -0.2) is 0 Å². The van der Waals surface area contributed by atoms with E-state index in [0.717, 1.165) is 39.0 Å². The van der Waals surface area contributed by atoms with E-state index in [4.69, 9.17) is 11.6 Å². The van der Waals surface area contributed by atoms with Gasteiger partial charge in [0, 0.05) is 20.2 Å². The first-order valence-electron chi connectivity index (χ1n) is 6.89. The van der Waals surface area contributed by atoms with Crippen LogP contribution in [0.3, 0.4) is 0 Å². The van der Waals surface area contributed by atoms with E-state index in [1.54, 1.807) is 0 Å². The van der Waals surface area contributed by atoms with Gasteiger partial charge in [0.05, 0.1) is 11.7 Å². The van der Waals surface area contributed by atoms with Gasteiger partial charge in [-0.05, 0) is 75.0 Å². The van der Waals surface area contributed by atoms with Gasteiger partial charge in [0.1, 0.15) is 0 Å². The molecule has 0 saturated carbocycles. The summed E-state index contributed by atoms with van der Waals surface area (Å²) in [5.41, 5.74) is 2.27. The normalized spacial score (nSPS) is 12.4. The topological polar surface area (TPSA) is 24.9 Å². The zero-order chi connectivity index (χ0) is 15.2. The lowest BCUT2D eigenvalue weighted by Gasteiger charge is -2.19. The van der Waals surface area contributed by atoms with Gasteiger partial charge < -0.3 is 5.32 Å². The second-order valence-electron chi connectivity index (χ2n) is 4.86. The summed E-state index contributed by atoms with van der Waals surface area (Å²) < 4.78 is 1.98. The molecule has 1 atom stereocenters. The van der Waals surface area contributed by atoms with Crippen molar-refractivity contribution >= 4 is 43.5 Å². The number of pyridine rings is 1. The van der Waals surface area contributed by atoms with Crippen molar-refractivity contribution in [3.63, 3.8) is 0 Å². The molecule has 1 aromatic carbocycles. The number of hydrogen-bond donors (Lipinski definition) is 1. The maximum Gasteiger partial charge on any atom is 0.0719 e. The van der Waals surface area contributed by atoms with E-state index in [-0.39, 0.29) is 6.04 Å². The van der Waals surface area contributed by atoms with E-state index in [0.29, 0.717) is 0 Å². The van der Waals surface area contributed by atoms with Crippen LogP contribution in [0.5, 0.6) is 0 Å². The number of hydrogen-bond acceptors (Lipinski definition) is 2. The third-order valence-electron chi connectivity index (χ3n) is 3.16. The minimum atomic E-state index is 0.175. The van der Waals surface area contributed by atoms with Crippen molar-refractivity contribution in [1.82, 2.24) is 10.3 Å². The van der Waals surface area contributed by atoms with Crippen LogP contribution in [-0.2, 0) is 6.42 Å². The lowest BCUT2D eigenvalue weighted by molar-refractivity contribution is 0.516. The van der Waals surface area contributed by atoms with E-state index in [9.17, 15) is 0 Å². The Balaban J connectivity index is 2.22. The van der Waals surface area contributed by atoms with Gasteiger partial charge in [0.25, 0.3) is 0 Å². The predicted molar refractivity (Wildman–Crippen MR) is 95.8 cm³/mol. The van der Waals surface area contributed by atoms with Crippen molar-refractivity contribution < 1.29 is 0 Å². The van der Waals surface area contributed by atoms with Gasteiger partial charge in [-0.3, -0.25) is 4.98 Å². The molecule has 0 radical (unpaired) electrons. The summed E-state index contributed by atoms with van der Waals surface area (Å²) in [7, 11) is 0. The van der Waals surface area contributed by atoms with Gasteiger partial charge >= 0.3 is 0 Å². The number of halogens is 3. The van der Waals surface area contributed by atoms with Crippen LogP contribution in [0.25, 0.3) is 0 Å². The first-order valence-corrected chi connectivity index (χ1v) is 8.85. The summed E-state index contributed by atoms with van der Waals surface area (Å²) in [6.07, 6.45) is 3.80. The molecule has 0 saturated heterocycles. The molecule has 5 heteroatoms. The maximum atomic E-state index is 5.95. The van der Waals surface area contributed by atoms with E-state index in [1.807, 2.05) is 24.4 Å². The fraction of sp³-hybridized carbons (Fsp3) is 0.312. The smallest absolute Gasteiger partial charge is 0.0719 e. The Morgan fingerprint density at radius 3 is 2.57 bits per heavy atom. The Bertz CT molecular complexity index is 587. The first-order chi connectivity index (χ1) is 10.1. The van der Waals surface area contributed by atoms with E-state index in [1.165, 1.54) is 5.56 Å². The second kappa shape index (κ2) is 8.28. The number of nitrogens with one attached hydrogen (secondary N) is 1. The van der Waals surface area contributed by atoms with Gasteiger partial charge in [-0.15, -0.1) is 0 Å². The molecule has 1 heterocycles. The van der Waals surface area contributed by atoms with E-state index < -0.39 is 0 Å². The van der Waals surface area contributed by atoms with E-state index >= 15 is 0 Å². The Labute approximate surface area is 147 Å². The Hall–Kier alpha value is -0.420. The summed E-state index contributed by atoms with van der Waals surface area (Å²) in [6.45, 7) is 3.12. The van der Waals surface area contributed by atoms with Crippen LogP contribution >= 0.6 is 43.5 Å². The van der Waals surface area contributed by atoms with Crippen molar-refractivity contribution in [1.29, 1.82) is 0 Å². The fourth-order valence-electron chi connectivity index (χ4n) is 2.12. The molecule has 0 bridgehead atoms. The third-order valence-corrected chi connectivity index (χ3v) is 4.48. The van der Waals surface area contributed by atoms with Gasteiger partial charge in [-0.2, -0.15) is 0 Å². The Kier molecular flexibility index (Phi) is 6.68. The molecule has 1 N–H and O–H groups in total. The molecule has 2 aromatic rings. The summed E-state index contributed by atoms with van der Waals surface area (Å²) in [6, 6.07) is 10.2. The highest BCUT2D eigenvalue weighted by Crippen LogP contribution is 2.27. The molecule has 0 fully saturated rings. The minimum absolute atomic E-state index is 0.175. The molecule has 2 nitrogen and oxygen atoms in total. The van der Waals surface area contributed by atoms with Crippen LogP contribution in [0.4, 0.5) is 0 Å². The highest BCUT2D eigenvalue weighted by atomic mass is 79.9. The molecule has 1 unspecified atom stereocenters. The fourth-order valence-corrected chi connectivity index (χ4v) is 3.51. The summed E-state index contributed by atoms with van der Waals surface area (Å²) >= 11 is 13.0. The Morgan fingerprint density at radius 2 is 1.95 bits per heavy atom. The number of aromatic nitrogens is 1. The number of nitrogens with zero attached hydrogens (tertiary/aromatic N) is 1.